The summed E-state index contributed by atoms with van der Waals surface area (Å²) in [5.41, 5.74) is 2.10. The first kappa shape index (κ1) is 18.6. The van der Waals surface area contributed by atoms with Crippen molar-refractivity contribution in [1.29, 1.82) is 0 Å². The molecule has 0 atom stereocenters. The van der Waals surface area contributed by atoms with Crippen LogP contribution in [0.3, 0.4) is 0 Å². The van der Waals surface area contributed by atoms with Gasteiger partial charge in [0.15, 0.2) is 5.13 Å². The summed E-state index contributed by atoms with van der Waals surface area (Å²) < 4.78 is 1.81. The highest BCUT2D eigenvalue weighted by Gasteiger charge is 2.12. The van der Waals surface area contributed by atoms with Gasteiger partial charge in [-0.05, 0) is 23.6 Å². The van der Waals surface area contributed by atoms with Crippen molar-refractivity contribution in [1.82, 2.24) is 19.7 Å². The quantitative estimate of drug-likeness (QED) is 0.488. The Balaban J connectivity index is 1.31. The van der Waals surface area contributed by atoms with Gasteiger partial charge in [0.1, 0.15) is 5.65 Å². The van der Waals surface area contributed by atoms with E-state index in [1.807, 2.05) is 28.1 Å². The third kappa shape index (κ3) is 4.38. The van der Waals surface area contributed by atoms with Crippen molar-refractivity contribution in [2.24, 2.45) is 0 Å². The number of anilines is 1. The van der Waals surface area contributed by atoms with Crippen LogP contribution in [-0.2, 0) is 17.8 Å². The molecule has 4 aromatic rings. The van der Waals surface area contributed by atoms with Crippen molar-refractivity contribution < 1.29 is 9.59 Å². The lowest BCUT2D eigenvalue weighted by Crippen LogP contribution is -2.24. The normalized spacial score (nSPS) is 10.9. The second-order valence-corrected chi connectivity index (χ2v) is 8.12. The molecule has 142 valence electrons. The molecule has 0 bridgehead atoms. The van der Waals surface area contributed by atoms with Crippen molar-refractivity contribution in [3.8, 4) is 0 Å². The summed E-state index contributed by atoms with van der Waals surface area (Å²) in [4.78, 5) is 33.5. The van der Waals surface area contributed by atoms with Crippen molar-refractivity contribution in [2.75, 3.05) is 5.32 Å². The fourth-order valence-corrected chi connectivity index (χ4v) is 4.02. The molecule has 10 heteroatoms. The number of thiazole rings is 1. The van der Waals surface area contributed by atoms with Gasteiger partial charge in [0.2, 0.25) is 5.91 Å². The number of nitrogens with zero attached hydrogens (tertiary/aromatic N) is 3. The van der Waals surface area contributed by atoms with Crippen LogP contribution in [0.1, 0.15) is 21.1 Å². The van der Waals surface area contributed by atoms with Crippen LogP contribution in [0.15, 0.2) is 47.4 Å². The minimum Gasteiger partial charge on any atom is -0.350 e. The van der Waals surface area contributed by atoms with Crippen molar-refractivity contribution in [2.45, 2.75) is 13.0 Å². The largest absolute Gasteiger partial charge is 0.350 e. The van der Waals surface area contributed by atoms with Crippen LogP contribution >= 0.6 is 34.3 Å². The monoisotopic (exact) mass is 431 g/mol. The van der Waals surface area contributed by atoms with E-state index in [2.05, 4.69) is 20.6 Å². The van der Waals surface area contributed by atoms with Crippen LogP contribution < -0.4 is 10.6 Å². The maximum atomic E-state index is 12.2. The van der Waals surface area contributed by atoms with Crippen LogP contribution in [-0.4, -0.2) is 26.2 Å². The Kier molecular flexibility index (Phi) is 5.38. The van der Waals surface area contributed by atoms with Crippen molar-refractivity contribution in [3.63, 3.8) is 0 Å². The predicted octanol–water partition coefficient (Wildman–Crippen LogP) is 3.62. The van der Waals surface area contributed by atoms with Crippen molar-refractivity contribution >= 4 is 56.9 Å². The summed E-state index contributed by atoms with van der Waals surface area (Å²) in [7, 11) is 0. The van der Waals surface area contributed by atoms with Gasteiger partial charge >= 0.3 is 0 Å². The molecule has 0 unspecified atom stereocenters. The molecule has 0 aromatic carbocycles. The standard InChI is InChI=1S/C18H14ClN5O2S2/c19-11-3-4-15-21-13(9-24(15)8-11)7-20-16(25)6-12-10-28-18(22-12)23-17(26)14-2-1-5-27-14/h1-5,8-10H,6-7H2,(H,20,25)(H,22,23,26). The highest BCUT2D eigenvalue weighted by molar-refractivity contribution is 7.14. The van der Waals surface area contributed by atoms with Gasteiger partial charge in [0.25, 0.3) is 5.91 Å². The number of amides is 2. The lowest BCUT2D eigenvalue weighted by atomic mass is 10.3. The minimum atomic E-state index is -0.202. The number of fused-ring (bicyclic) bond motifs is 1. The number of thiophene rings is 1. The summed E-state index contributed by atoms with van der Waals surface area (Å²) in [6, 6.07) is 7.14. The maximum Gasteiger partial charge on any atom is 0.267 e. The number of carbonyl (C=O) groups is 2. The molecule has 0 radical (unpaired) electrons. The third-order valence-electron chi connectivity index (χ3n) is 3.79. The van der Waals surface area contributed by atoms with Gasteiger partial charge in [0.05, 0.1) is 34.3 Å². The molecule has 28 heavy (non-hydrogen) atoms. The van der Waals surface area contributed by atoms with E-state index in [9.17, 15) is 9.59 Å². The summed E-state index contributed by atoms with van der Waals surface area (Å²) in [5, 5.41) is 10.3. The Bertz CT molecular complexity index is 1140. The number of carbonyl (C=O) groups excluding carboxylic acids is 2. The number of imidazole rings is 1. The molecule has 4 heterocycles. The molecular weight excluding hydrogens is 418 g/mol. The molecule has 4 aromatic heterocycles. The molecule has 7 nitrogen and oxygen atoms in total. The van der Waals surface area contributed by atoms with E-state index in [1.54, 1.807) is 23.7 Å². The molecule has 0 aliphatic heterocycles. The highest BCUT2D eigenvalue weighted by Crippen LogP contribution is 2.18. The van der Waals surface area contributed by atoms with E-state index in [0.29, 0.717) is 27.3 Å². The zero-order valence-corrected chi connectivity index (χ0v) is 16.8. The van der Waals surface area contributed by atoms with E-state index >= 15 is 0 Å². The topological polar surface area (TPSA) is 88.4 Å². The number of hydrogen-bond donors (Lipinski definition) is 2. The number of aromatic nitrogens is 3. The minimum absolute atomic E-state index is 0.130. The Morgan fingerprint density at radius 2 is 2.00 bits per heavy atom. The summed E-state index contributed by atoms with van der Waals surface area (Å²) in [6.07, 6.45) is 3.71. The van der Waals surface area contributed by atoms with Gasteiger partial charge in [-0.25, -0.2) is 9.97 Å². The highest BCUT2D eigenvalue weighted by atomic mass is 35.5. The molecule has 4 rings (SSSR count). The number of nitrogens with one attached hydrogen (secondary N) is 2. The lowest BCUT2D eigenvalue weighted by Gasteiger charge is -2.01. The van der Waals surface area contributed by atoms with Crippen LogP contribution in [0.5, 0.6) is 0 Å². The van der Waals surface area contributed by atoms with E-state index < -0.39 is 0 Å². The summed E-state index contributed by atoms with van der Waals surface area (Å²) >= 11 is 8.61. The molecular formula is C18H14ClN5O2S2. The smallest absolute Gasteiger partial charge is 0.267 e. The first-order chi connectivity index (χ1) is 13.6. The zero-order valence-electron chi connectivity index (χ0n) is 14.4. The Labute approximate surface area is 173 Å². The fraction of sp³-hybridized carbons (Fsp3) is 0.111. The van der Waals surface area contributed by atoms with Crippen LogP contribution in [0.25, 0.3) is 5.65 Å². The predicted molar refractivity (Wildman–Crippen MR) is 110 cm³/mol. The number of hydrogen-bond acceptors (Lipinski definition) is 6. The molecule has 0 saturated heterocycles. The Morgan fingerprint density at radius 3 is 2.82 bits per heavy atom. The van der Waals surface area contributed by atoms with E-state index in [1.165, 1.54) is 22.7 Å². The molecule has 0 spiro atoms. The number of halogens is 1. The second kappa shape index (κ2) is 8.09. The second-order valence-electron chi connectivity index (χ2n) is 5.87. The lowest BCUT2D eigenvalue weighted by molar-refractivity contribution is -0.120. The van der Waals surface area contributed by atoms with Crippen LogP contribution in [0.2, 0.25) is 5.02 Å². The average molecular weight is 432 g/mol. The third-order valence-corrected chi connectivity index (χ3v) is 5.69. The molecule has 2 amide bonds. The summed E-state index contributed by atoms with van der Waals surface area (Å²) in [6.45, 7) is 0.310. The Morgan fingerprint density at radius 1 is 1.11 bits per heavy atom. The molecule has 0 aliphatic carbocycles. The fourth-order valence-electron chi connectivity index (χ4n) is 2.53. The van der Waals surface area contributed by atoms with Gasteiger partial charge in [-0.15, -0.1) is 22.7 Å². The van der Waals surface area contributed by atoms with E-state index in [-0.39, 0.29) is 18.2 Å². The first-order valence-electron chi connectivity index (χ1n) is 8.26. The number of pyridine rings is 1. The van der Waals surface area contributed by atoms with E-state index in [4.69, 9.17) is 11.6 Å². The van der Waals surface area contributed by atoms with E-state index in [0.717, 1.165) is 11.3 Å². The molecule has 0 fully saturated rings. The first-order valence-corrected chi connectivity index (χ1v) is 10.4. The van der Waals surface area contributed by atoms with Gasteiger partial charge in [-0.1, -0.05) is 17.7 Å². The van der Waals surface area contributed by atoms with Gasteiger partial charge < -0.3 is 9.72 Å². The van der Waals surface area contributed by atoms with Crippen LogP contribution in [0, 0.1) is 0 Å². The SMILES string of the molecule is O=C(Cc1csc(NC(=O)c2cccs2)n1)NCc1cn2cc(Cl)ccc2n1. The molecule has 0 aliphatic rings. The number of rotatable bonds is 6. The van der Waals surface area contributed by atoms with Gasteiger partial charge in [0, 0.05) is 17.8 Å². The maximum absolute atomic E-state index is 12.2. The van der Waals surface area contributed by atoms with Crippen LogP contribution in [0.4, 0.5) is 5.13 Å². The Hall–Kier alpha value is -2.75. The molecule has 0 saturated carbocycles. The molecule has 2 N–H and O–H groups in total. The zero-order chi connectivity index (χ0) is 19.5. The van der Waals surface area contributed by atoms with Gasteiger partial charge in [-0.3, -0.25) is 14.9 Å². The van der Waals surface area contributed by atoms with Crippen molar-refractivity contribution in [3.05, 3.63) is 68.7 Å². The van der Waals surface area contributed by atoms with Gasteiger partial charge in [-0.2, -0.15) is 0 Å². The average Bonchev–Trinajstić information content (AvgIpc) is 3.40. The summed E-state index contributed by atoms with van der Waals surface area (Å²) in [5.74, 6) is -0.371.